The van der Waals surface area contributed by atoms with Gasteiger partial charge in [-0.1, -0.05) is 13.8 Å². The third-order valence-electron chi connectivity index (χ3n) is 2.33. The fraction of sp³-hybridized carbons (Fsp3) is 0.857. The predicted molar refractivity (Wildman–Crippen MR) is 94.0 cm³/mol. The monoisotopic (exact) mass is 358 g/mol. The maximum atomic E-state index is 9.92. The zero-order valence-electron chi connectivity index (χ0n) is 13.3. The summed E-state index contributed by atoms with van der Waals surface area (Å²) in [5.74, 6) is -1.54. The fourth-order valence-corrected chi connectivity index (χ4v) is 1.23. The summed E-state index contributed by atoms with van der Waals surface area (Å²) in [6, 6.07) is 0. The Balaban J connectivity index is -0.000000249. The van der Waals surface area contributed by atoms with Crippen LogP contribution in [-0.4, -0.2) is 56.1 Å². The molecular formula is C14H30O6S2. The molecule has 0 aromatic carbocycles. The Morgan fingerprint density at radius 1 is 0.818 bits per heavy atom. The molecule has 0 aliphatic rings. The normalized spacial score (nSPS) is 12.1. The van der Waals surface area contributed by atoms with Gasteiger partial charge in [0.05, 0.1) is 12.8 Å². The lowest BCUT2D eigenvalue weighted by atomic mass is 10.2. The Morgan fingerprint density at radius 2 is 1.09 bits per heavy atom. The van der Waals surface area contributed by atoms with Gasteiger partial charge >= 0.3 is 11.9 Å². The minimum Gasteiger partial charge on any atom is -0.481 e. The van der Waals surface area contributed by atoms with Crippen LogP contribution in [0.15, 0.2) is 0 Å². The number of carboxylic acid groups (broad SMARTS) is 2. The Bertz CT molecular complexity index is 238. The van der Waals surface area contributed by atoms with Crippen LogP contribution in [-0.2, 0) is 9.59 Å². The molecule has 0 saturated carbocycles. The number of hydrogen-bond acceptors (Lipinski definition) is 6. The van der Waals surface area contributed by atoms with Crippen LogP contribution in [0.25, 0.3) is 0 Å². The van der Waals surface area contributed by atoms with E-state index < -0.39 is 11.9 Å². The van der Waals surface area contributed by atoms with Crippen molar-refractivity contribution in [3.05, 3.63) is 0 Å². The van der Waals surface area contributed by atoms with Crippen LogP contribution in [0.5, 0.6) is 0 Å². The molecule has 0 bridgehead atoms. The molecule has 0 amide bonds. The summed E-state index contributed by atoms with van der Waals surface area (Å²) in [7, 11) is 0. The van der Waals surface area contributed by atoms with E-state index in [0.717, 1.165) is 25.7 Å². The third-order valence-corrected chi connectivity index (χ3v) is 3.42. The van der Waals surface area contributed by atoms with Crippen molar-refractivity contribution in [1.82, 2.24) is 0 Å². The molecule has 0 heterocycles. The van der Waals surface area contributed by atoms with Gasteiger partial charge in [0.2, 0.25) is 0 Å². The molecule has 0 rings (SSSR count). The average molecular weight is 359 g/mol. The number of unbranched alkanes of at least 4 members (excludes halogenated alkanes) is 1. The number of carboxylic acids is 2. The van der Waals surface area contributed by atoms with Gasteiger partial charge in [-0.25, -0.2) is 0 Å². The smallest absolute Gasteiger partial charge is 0.304 e. The summed E-state index contributed by atoms with van der Waals surface area (Å²) in [5, 5.41) is 32.5. The zero-order chi connectivity index (χ0) is 18.0. The van der Waals surface area contributed by atoms with E-state index in [1.54, 1.807) is 0 Å². The largest absolute Gasteiger partial charge is 0.481 e. The van der Waals surface area contributed by atoms with Crippen LogP contribution in [0.4, 0.5) is 0 Å². The predicted octanol–water partition coefficient (Wildman–Crippen LogP) is 2.09. The second kappa shape index (κ2) is 20.6. The highest BCUT2D eigenvalue weighted by Crippen LogP contribution is 2.04. The molecule has 0 spiro atoms. The summed E-state index contributed by atoms with van der Waals surface area (Å²) < 4.78 is 0. The molecular weight excluding hydrogens is 328 g/mol. The van der Waals surface area contributed by atoms with Gasteiger partial charge in [0.15, 0.2) is 0 Å². The second-order valence-electron chi connectivity index (χ2n) is 4.47. The van der Waals surface area contributed by atoms with Gasteiger partial charge in [-0.2, -0.15) is 25.3 Å². The molecule has 0 saturated heterocycles. The molecule has 0 aromatic rings. The molecule has 0 aliphatic heterocycles. The second-order valence-corrected chi connectivity index (χ2v) is 5.93. The molecule has 6 nitrogen and oxygen atoms in total. The van der Waals surface area contributed by atoms with Crippen LogP contribution in [0.2, 0.25) is 0 Å². The van der Waals surface area contributed by atoms with Crippen molar-refractivity contribution in [3.8, 4) is 0 Å². The zero-order valence-corrected chi connectivity index (χ0v) is 15.1. The van der Waals surface area contributed by atoms with Gasteiger partial charge in [0.1, 0.15) is 0 Å². The van der Waals surface area contributed by atoms with E-state index in [2.05, 4.69) is 25.3 Å². The number of thiol groups is 2. The first-order valence-corrected chi connectivity index (χ1v) is 8.29. The van der Waals surface area contributed by atoms with Crippen molar-refractivity contribution in [1.29, 1.82) is 0 Å². The highest BCUT2D eigenvalue weighted by Gasteiger charge is 2.04. The standard InChI is InChI=1S/2C5H10O2S.C4H10O2/c2*1-2-4(8)3-5(6)7;5-3-1-2-4-6/h2*4,8H,2-3H2,1H3,(H,6,7);5-6H,1-4H2. The summed E-state index contributed by atoms with van der Waals surface area (Å²) in [6.07, 6.45) is 3.40. The molecule has 22 heavy (non-hydrogen) atoms. The van der Waals surface area contributed by atoms with Gasteiger partial charge in [-0.3, -0.25) is 9.59 Å². The maximum Gasteiger partial charge on any atom is 0.304 e. The van der Waals surface area contributed by atoms with Gasteiger partial charge in [-0.05, 0) is 25.7 Å². The number of aliphatic carboxylic acids is 2. The Labute approximate surface area is 143 Å². The molecule has 8 heteroatoms. The van der Waals surface area contributed by atoms with E-state index in [0.29, 0.717) is 0 Å². The first-order valence-electron chi connectivity index (χ1n) is 7.26. The van der Waals surface area contributed by atoms with Crippen LogP contribution in [0.3, 0.4) is 0 Å². The summed E-state index contributed by atoms with van der Waals surface area (Å²) in [5.41, 5.74) is 0. The average Bonchev–Trinajstić information content (AvgIpc) is 2.44. The lowest BCUT2D eigenvalue weighted by Gasteiger charge is -1.99. The number of aliphatic hydroxyl groups is 2. The summed E-state index contributed by atoms with van der Waals surface area (Å²) >= 11 is 7.98. The first-order chi connectivity index (χ1) is 10.2. The van der Waals surface area contributed by atoms with E-state index in [9.17, 15) is 9.59 Å². The van der Waals surface area contributed by atoms with E-state index >= 15 is 0 Å². The quantitative estimate of drug-likeness (QED) is 0.278. The first kappa shape index (κ1) is 26.5. The molecule has 2 atom stereocenters. The van der Waals surface area contributed by atoms with Crippen molar-refractivity contribution in [2.24, 2.45) is 0 Å². The molecule has 0 aromatic heterocycles. The fourth-order valence-electron chi connectivity index (χ4n) is 0.915. The number of aliphatic hydroxyl groups excluding tert-OH is 2. The summed E-state index contributed by atoms with van der Waals surface area (Å²) in [6.45, 7) is 4.22. The maximum absolute atomic E-state index is 9.92. The third kappa shape index (κ3) is 31.8. The van der Waals surface area contributed by atoms with E-state index in [1.807, 2.05) is 13.8 Å². The molecule has 0 aliphatic carbocycles. The van der Waals surface area contributed by atoms with Crippen LogP contribution >= 0.6 is 25.3 Å². The van der Waals surface area contributed by atoms with E-state index in [1.165, 1.54) is 0 Å². The molecule has 2 unspecified atom stereocenters. The van der Waals surface area contributed by atoms with Crippen LogP contribution in [0.1, 0.15) is 52.4 Å². The number of rotatable bonds is 9. The van der Waals surface area contributed by atoms with Crippen molar-refractivity contribution in [3.63, 3.8) is 0 Å². The molecule has 4 N–H and O–H groups in total. The minimum atomic E-state index is -0.771. The molecule has 0 fully saturated rings. The van der Waals surface area contributed by atoms with E-state index in [-0.39, 0.29) is 36.6 Å². The minimum absolute atomic E-state index is 0.0208. The van der Waals surface area contributed by atoms with Gasteiger partial charge in [-0.15, -0.1) is 0 Å². The van der Waals surface area contributed by atoms with Crippen molar-refractivity contribution in [2.45, 2.75) is 62.9 Å². The van der Waals surface area contributed by atoms with Crippen LogP contribution in [0, 0.1) is 0 Å². The van der Waals surface area contributed by atoms with Crippen molar-refractivity contribution >= 4 is 37.2 Å². The lowest BCUT2D eigenvalue weighted by molar-refractivity contribution is -0.138. The lowest BCUT2D eigenvalue weighted by Crippen LogP contribution is -2.05. The van der Waals surface area contributed by atoms with Crippen LogP contribution < -0.4 is 0 Å². The summed E-state index contributed by atoms with van der Waals surface area (Å²) in [4.78, 5) is 19.8. The van der Waals surface area contributed by atoms with Gasteiger partial charge < -0.3 is 20.4 Å². The molecule has 0 radical (unpaired) electrons. The highest BCUT2D eigenvalue weighted by molar-refractivity contribution is 7.81. The van der Waals surface area contributed by atoms with Crippen molar-refractivity contribution in [2.75, 3.05) is 13.2 Å². The Morgan fingerprint density at radius 3 is 1.18 bits per heavy atom. The highest BCUT2D eigenvalue weighted by atomic mass is 32.1. The number of carbonyl (C=O) groups is 2. The topological polar surface area (TPSA) is 115 Å². The SMILES string of the molecule is CCC(S)CC(=O)O.CCC(S)CC(=O)O.OCCCCO. The Hall–Kier alpha value is -0.440. The number of hydrogen-bond donors (Lipinski definition) is 6. The van der Waals surface area contributed by atoms with Gasteiger partial charge in [0.25, 0.3) is 0 Å². The van der Waals surface area contributed by atoms with E-state index in [4.69, 9.17) is 20.4 Å². The molecule has 134 valence electrons. The Kier molecular flexibility index (Phi) is 24.7. The van der Waals surface area contributed by atoms with Gasteiger partial charge in [0, 0.05) is 23.7 Å². The van der Waals surface area contributed by atoms with Crippen molar-refractivity contribution < 1.29 is 30.0 Å².